The van der Waals surface area contributed by atoms with Crippen LogP contribution >= 0.6 is 15.9 Å². The number of nitrogens with zero attached hydrogens (tertiary/aromatic N) is 1. The molecule has 0 atom stereocenters. The van der Waals surface area contributed by atoms with Gasteiger partial charge in [0.15, 0.2) is 16.2 Å². The fraction of sp³-hybridized carbons (Fsp3) is 0.318. The number of fused-ring (bicyclic) bond motifs is 1. The van der Waals surface area contributed by atoms with Gasteiger partial charge in [-0.25, -0.2) is 0 Å². The van der Waals surface area contributed by atoms with Crippen LogP contribution in [0.5, 0.6) is 0 Å². The van der Waals surface area contributed by atoms with E-state index in [9.17, 15) is 4.79 Å². The maximum atomic E-state index is 12.7. The Kier molecular flexibility index (Phi) is 4.81. The fourth-order valence-corrected chi connectivity index (χ4v) is 4.48. The molecule has 2 aromatic carbocycles. The van der Waals surface area contributed by atoms with Crippen LogP contribution in [-0.2, 0) is 9.47 Å². The van der Waals surface area contributed by atoms with E-state index in [1.165, 1.54) is 0 Å². The largest absolute Gasteiger partial charge is 0.444 e. The number of ether oxygens (including phenoxy) is 2. The monoisotopic (exact) mass is 456 g/mol. The van der Waals surface area contributed by atoms with Gasteiger partial charge in [0.25, 0.3) is 5.91 Å². The Morgan fingerprint density at radius 2 is 1.76 bits per heavy atom. The van der Waals surface area contributed by atoms with E-state index in [-0.39, 0.29) is 11.7 Å². The summed E-state index contributed by atoms with van der Waals surface area (Å²) >= 11 is 3.25. The number of furan rings is 1. The molecule has 0 saturated carbocycles. The van der Waals surface area contributed by atoms with Gasteiger partial charge < -0.3 is 24.1 Å². The Labute approximate surface area is 176 Å². The van der Waals surface area contributed by atoms with Crippen molar-refractivity contribution in [3.63, 3.8) is 0 Å². The molecule has 2 saturated heterocycles. The van der Waals surface area contributed by atoms with Gasteiger partial charge in [-0.05, 0) is 39.5 Å². The van der Waals surface area contributed by atoms with E-state index >= 15 is 0 Å². The molecule has 7 heteroatoms. The normalized spacial score (nSPS) is 18.4. The number of carbonyl (C=O) groups is 1. The molecule has 1 N–H and O–H groups in total. The molecule has 2 fully saturated rings. The quantitative estimate of drug-likeness (QED) is 0.613. The average Bonchev–Trinajstić information content (AvgIpc) is 3.38. The first kappa shape index (κ1) is 18.7. The van der Waals surface area contributed by atoms with Gasteiger partial charge in [-0.1, -0.05) is 30.3 Å². The first-order valence-electron chi connectivity index (χ1n) is 9.75. The topological polar surface area (TPSA) is 63.9 Å². The summed E-state index contributed by atoms with van der Waals surface area (Å²) in [4.78, 5) is 15.0. The molecule has 0 radical (unpaired) electrons. The zero-order valence-electron chi connectivity index (χ0n) is 15.8. The van der Waals surface area contributed by atoms with E-state index in [0.29, 0.717) is 17.9 Å². The summed E-state index contributed by atoms with van der Waals surface area (Å²) in [6.45, 7) is 2.91. The second-order valence-electron chi connectivity index (χ2n) is 7.34. The van der Waals surface area contributed by atoms with Crippen LogP contribution in [0.15, 0.2) is 57.6 Å². The molecule has 0 unspecified atom stereocenters. The lowest BCUT2D eigenvalue weighted by molar-refractivity contribution is -0.169. The number of hydrogen-bond acceptors (Lipinski definition) is 5. The van der Waals surface area contributed by atoms with Crippen molar-refractivity contribution >= 4 is 44.0 Å². The number of halogens is 1. The maximum absolute atomic E-state index is 12.7. The number of hydrogen-bond donors (Lipinski definition) is 1. The highest BCUT2D eigenvalue weighted by Crippen LogP contribution is 2.39. The summed E-state index contributed by atoms with van der Waals surface area (Å²) in [5.74, 6) is -0.449. The standard InChI is InChI=1S/C22H21BrN2O4/c23-19-8-7-18(29-19)21(26)24-17-6-5-15-3-1-2-4-16(15)20(17)25-11-9-22(10-12-25)27-13-14-28-22/h1-8H,9-14H2,(H,24,26). The molecule has 6 nitrogen and oxygen atoms in total. The SMILES string of the molecule is O=C(Nc1ccc2ccccc2c1N1CCC2(CC1)OCCO2)c1ccc(Br)o1. The zero-order valence-corrected chi connectivity index (χ0v) is 17.4. The Balaban J connectivity index is 1.48. The molecule has 3 heterocycles. The van der Waals surface area contributed by atoms with Crippen LogP contribution in [0.4, 0.5) is 11.4 Å². The molecule has 150 valence electrons. The van der Waals surface area contributed by atoms with Crippen LogP contribution in [0.1, 0.15) is 23.4 Å². The van der Waals surface area contributed by atoms with Crippen molar-refractivity contribution < 1.29 is 18.7 Å². The Morgan fingerprint density at radius 1 is 1.00 bits per heavy atom. The van der Waals surface area contributed by atoms with E-state index in [2.05, 4.69) is 38.3 Å². The lowest BCUT2D eigenvalue weighted by Crippen LogP contribution is -2.45. The molecule has 1 spiro atoms. The molecule has 2 aliphatic rings. The third-order valence-corrected chi connectivity index (χ3v) is 6.03. The van der Waals surface area contributed by atoms with Crippen molar-refractivity contribution in [2.75, 3.05) is 36.5 Å². The number of amides is 1. The molecule has 5 rings (SSSR count). The number of carbonyl (C=O) groups excluding carboxylic acids is 1. The predicted molar refractivity (Wildman–Crippen MR) is 114 cm³/mol. The summed E-state index contributed by atoms with van der Waals surface area (Å²) in [5.41, 5.74) is 1.79. The first-order chi connectivity index (χ1) is 14.1. The van der Waals surface area contributed by atoms with Gasteiger partial charge >= 0.3 is 0 Å². The molecule has 29 heavy (non-hydrogen) atoms. The lowest BCUT2D eigenvalue weighted by atomic mass is 10.00. The van der Waals surface area contributed by atoms with Crippen LogP contribution < -0.4 is 10.2 Å². The highest BCUT2D eigenvalue weighted by Gasteiger charge is 2.40. The van der Waals surface area contributed by atoms with E-state index in [1.807, 2.05) is 24.3 Å². The third kappa shape index (κ3) is 3.54. The molecular formula is C22H21BrN2O4. The first-order valence-corrected chi connectivity index (χ1v) is 10.5. The molecule has 1 aromatic heterocycles. The van der Waals surface area contributed by atoms with Crippen molar-refractivity contribution in [3.05, 3.63) is 59.0 Å². The zero-order chi connectivity index (χ0) is 19.8. The van der Waals surface area contributed by atoms with Crippen molar-refractivity contribution in [1.29, 1.82) is 0 Å². The molecule has 1 amide bonds. The van der Waals surface area contributed by atoms with E-state index in [4.69, 9.17) is 13.9 Å². The number of anilines is 2. The highest BCUT2D eigenvalue weighted by atomic mass is 79.9. The van der Waals surface area contributed by atoms with Crippen molar-refractivity contribution in [2.45, 2.75) is 18.6 Å². The van der Waals surface area contributed by atoms with Gasteiger partial charge in [0.05, 0.1) is 24.6 Å². The summed E-state index contributed by atoms with van der Waals surface area (Å²) in [6, 6.07) is 15.6. The Morgan fingerprint density at radius 3 is 2.48 bits per heavy atom. The Hall–Kier alpha value is -2.35. The third-order valence-electron chi connectivity index (χ3n) is 5.60. The van der Waals surface area contributed by atoms with Gasteiger partial charge in [-0.3, -0.25) is 4.79 Å². The molecular weight excluding hydrogens is 436 g/mol. The van der Waals surface area contributed by atoms with Gasteiger partial charge in [0, 0.05) is 31.3 Å². The summed E-state index contributed by atoms with van der Waals surface area (Å²) in [6.07, 6.45) is 1.60. The van der Waals surface area contributed by atoms with Crippen LogP contribution in [0.25, 0.3) is 10.8 Å². The van der Waals surface area contributed by atoms with Crippen molar-refractivity contribution in [3.8, 4) is 0 Å². The van der Waals surface area contributed by atoms with Crippen molar-refractivity contribution in [2.24, 2.45) is 0 Å². The van der Waals surface area contributed by atoms with Crippen molar-refractivity contribution in [1.82, 2.24) is 0 Å². The molecule has 0 aliphatic carbocycles. The summed E-state index contributed by atoms with van der Waals surface area (Å²) in [5, 5.41) is 5.27. The lowest BCUT2D eigenvalue weighted by Gasteiger charge is -2.39. The second-order valence-corrected chi connectivity index (χ2v) is 8.12. The Bertz CT molecular complexity index is 1050. The fourth-order valence-electron chi connectivity index (χ4n) is 4.17. The van der Waals surface area contributed by atoms with Crippen LogP contribution in [0.3, 0.4) is 0 Å². The number of piperidine rings is 1. The van der Waals surface area contributed by atoms with Crippen LogP contribution in [0.2, 0.25) is 0 Å². The van der Waals surface area contributed by atoms with E-state index in [0.717, 1.165) is 48.1 Å². The number of nitrogens with one attached hydrogen (secondary N) is 1. The minimum Gasteiger partial charge on any atom is -0.444 e. The van der Waals surface area contributed by atoms with Gasteiger partial charge in [-0.15, -0.1) is 0 Å². The summed E-state index contributed by atoms with van der Waals surface area (Å²) in [7, 11) is 0. The summed E-state index contributed by atoms with van der Waals surface area (Å²) < 4.78 is 17.7. The highest BCUT2D eigenvalue weighted by molar-refractivity contribution is 9.10. The average molecular weight is 457 g/mol. The second kappa shape index (κ2) is 7.48. The van der Waals surface area contributed by atoms with E-state index in [1.54, 1.807) is 12.1 Å². The molecule has 2 aliphatic heterocycles. The number of benzene rings is 2. The van der Waals surface area contributed by atoms with Gasteiger partial charge in [-0.2, -0.15) is 0 Å². The molecule has 0 bridgehead atoms. The minimum absolute atomic E-state index is 0.265. The minimum atomic E-state index is -0.440. The predicted octanol–water partition coefficient (Wildman–Crippen LogP) is 4.79. The van der Waals surface area contributed by atoms with Crippen LogP contribution in [0, 0.1) is 0 Å². The molecule has 3 aromatic rings. The van der Waals surface area contributed by atoms with Gasteiger partial charge in [0.2, 0.25) is 0 Å². The van der Waals surface area contributed by atoms with Crippen LogP contribution in [-0.4, -0.2) is 38.0 Å². The van der Waals surface area contributed by atoms with Gasteiger partial charge in [0.1, 0.15) is 0 Å². The smallest absolute Gasteiger partial charge is 0.291 e. The number of rotatable bonds is 3. The van der Waals surface area contributed by atoms with E-state index < -0.39 is 5.79 Å². The maximum Gasteiger partial charge on any atom is 0.291 e.